The predicted molar refractivity (Wildman–Crippen MR) is 136 cm³/mol. The number of fused-ring (bicyclic) bond motifs is 1. The third kappa shape index (κ3) is 5.38. The molecule has 2 fully saturated rings. The van der Waals surface area contributed by atoms with Gasteiger partial charge in [0.2, 0.25) is 5.88 Å². The summed E-state index contributed by atoms with van der Waals surface area (Å²) in [5.74, 6) is 0.509. The van der Waals surface area contributed by atoms with Gasteiger partial charge in [-0.3, -0.25) is 9.98 Å². The van der Waals surface area contributed by atoms with E-state index >= 15 is 0 Å². The highest BCUT2D eigenvalue weighted by molar-refractivity contribution is 6.20. The lowest BCUT2D eigenvalue weighted by atomic mass is 9.95. The lowest BCUT2D eigenvalue weighted by Gasteiger charge is -2.33. The van der Waals surface area contributed by atoms with E-state index in [2.05, 4.69) is 39.1 Å². The van der Waals surface area contributed by atoms with Crippen molar-refractivity contribution in [2.45, 2.75) is 75.9 Å². The quantitative estimate of drug-likeness (QED) is 0.395. The largest absolute Gasteiger partial charge is 0.493 e. The maximum Gasteiger partial charge on any atom is 0.326 e. The van der Waals surface area contributed by atoms with Crippen molar-refractivity contribution < 1.29 is 5.11 Å². The Morgan fingerprint density at radius 1 is 1.26 bits per heavy atom. The van der Waals surface area contributed by atoms with Crippen LogP contribution in [-0.2, 0) is 0 Å². The molecule has 1 saturated heterocycles. The summed E-state index contributed by atoms with van der Waals surface area (Å²) in [6.07, 6.45) is 9.41. The summed E-state index contributed by atoms with van der Waals surface area (Å²) in [4.78, 5) is 28.9. The van der Waals surface area contributed by atoms with Gasteiger partial charge in [-0.25, -0.2) is 9.78 Å². The summed E-state index contributed by atoms with van der Waals surface area (Å²) in [6.45, 7) is 6.52. The van der Waals surface area contributed by atoms with E-state index in [4.69, 9.17) is 21.6 Å². The Kier molecular flexibility index (Phi) is 6.84. The monoisotopic (exact) mass is 500 g/mol. The molecule has 2 unspecified atom stereocenters. The van der Waals surface area contributed by atoms with E-state index in [1.165, 1.54) is 0 Å². The molecule has 4 heterocycles. The van der Waals surface area contributed by atoms with Crippen molar-refractivity contribution in [2.75, 3.05) is 18.4 Å². The van der Waals surface area contributed by atoms with E-state index in [0.29, 0.717) is 16.9 Å². The van der Waals surface area contributed by atoms with E-state index < -0.39 is 5.69 Å². The number of nitrogens with zero attached hydrogens (tertiary/aromatic N) is 5. The van der Waals surface area contributed by atoms with Gasteiger partial charge >= 0.3 is 5.69 Å². The minimum absolute atomic E-state index is 0.174. The molecule has 188 valence electrons. The number of hydrogen-bond acceptors (Lipinski definition) is 7. The number of anilines is 1. The molecule has 0 amide bonds. The number of aromatic nitrogens is 5. The van der Waals surface area contributed by atoms with Crippen LogP contribution in [0, 0.1) is 0 Å². The Labute approximate surface area is 208 Å². The molecule has 10 nitrogen and oxygen atoms in total. The standard InChI is InChI=1S/C24H33ClN8O2/c1-14(2)32-8-6-17(7-9-32)28-21-12-20(27-18-5-3-4-16(25)11-18)30-22-15(13-26-33(21)22)10-19-23(34)31-24(35)29-19/h10,12-14,16-18,27,34H,3-9,11H2,1-2H3,(H2,29,31,35). The molecule has 1 aliphatic carbocycles. The molecule has 2 atom stereocenters. The van der Waals surface area contributed by atoms with Crippen molar-refractivity contribution in [3.63, 3.8) is 0 Å². The highest BCUT2D eigenvalue weighted by atomic mass is 35.5. The Morgan fingerprint density at radius 2 is 2.06 bits per heavy atom. The van der Waals surface area contributed by atoms with Crippen LogP contribution in [0.1, 0.15) is 58.1 Å². The molecule has 35 heavy (non-hydrogen) atoms. The van der Waals surface area contributed by atoms with Crippen molar-refractivity contribution in [1.82, 2.24) is 29.5 Å². The smallest absolute Gasteiger partial charge is 0.326 e. The molecule has 1 aliphatic heterocycles. The molecule has 3 aromatic heterocycles. The molecule has 4 N–H and O–H groups in total. The van der Waals surface area contributed by atoms with Gasteiger partial charge in [0.15, 0.2) is 11.1 Å². The van der Waals surface area contributed by atoms with Gasteiger partial charge < -0.3 is 20.3 Å². The van der Waals surface area contributed by atoms with Crippen molar-refractivity contribution >= 4 is 29.1 Å². The van der Waals surface area contributed by atoms with E-state index in [9.17, 15) is 9.90 Å². The van der Waals surface area contributed by atoms with Crippen LogP contribution in [0.3, 0.4) is 0 Å². The van der Waals surface area contributed by atoms with Gasteiger partial charge in [-0.15, -0.1) is 11.6 Å². The first kappa shape index (κ1) is 23.9. The normalized spacial score (nSPS) is 23.5. The third-order valence-electron chi connectivity index (χ3n) is 7.02. The molecule has 1 saturated carbocycles. The summed E-state index contributed by atoms with van der Waals surface area (Å²) in [6, 6.07) is 2.98. The Hall–Kier alpha value is -2.85. The first-order valence-electron chi connectivity index (χ1n) is 12.5. The van der Waals surface area contributed by atoms with E-state index in [0.717, 1.165) is 62.9 Å². The number of H-pyrrole nitrogens is 2. The number of nitrogens with one attached hydrogen (secondary N) is 3. The highest BCUT2D eigenvalue weighted by Crippen LogP contribution is 2.25. The zero-order chi connectivity index (χ0) is 24.5. The van der Waals surface area contributed by atoms with Crippen LogP contribution in [-0.4, -0.2) is 71.2 Å². The minimum atomic E-state index is -0.475. The number of likely N-dealkylation sites (tertiary alicyclic amines) is 1. The first-order valence-corrected chi connectivity index (χ1v) is 12.9. The fraction of sp³-hybridized carbons (Fsp3) is 0.583. The van der Waals surface area contributed by atoms with Crippen LogP contribution in [0.4, 0.5) is 5.82 Å². The number of aromatic amines is 2. The zero-order valence-corrected chi connectivity index (χ0v) is 20.9. The van der Waals surface area contributed by atoms with Gasteiger partial charge in [-0.05, 0) is 58.4 Å². The number of imidazole rings is 1. The van der Waals surface area contributed by atoms with Crippen LogP contribution in [0.15, 0.2) is 22.1 Å². The minimum Gasteiger partial charge on any atom is -0.493 e. The fourth-order valence-electron chi connectivity index (χ4n) is 5.07. The number of hydrogen-bond donors (Lipinski definition) is 4. The molecule has 5 rings (SSSR count). The van der Waals surface area contributed by atoms with Crippen LogP contribution < -0.4 is 21.7 Å². The number of piperidine rings is 1. The highest BCUT2D eigenvalue weighted by Gasteiger charge is 2.22. The van der Waals surface area contributed by atoms with E-state index in [1.54, 1.807) is 16.8 Å². The van der Waals surface area contributed by atoms with Gasteiger partial charge in [0, 0.05) is 41.8 Å². The summed E-state index contributed by atoms with van der Waals surface area (Å²) in [7, 11) is 0. The second-order valence-corrected chi connectivity index (χ2v) is 10.5. The van der Waals surface area contributed by atoms with Gasteiger partial charge in [0.05, 0.1) is 12.2 Å². The summed E-state index contributed by atoms with van der Waals surface area (Å²) < 4.78 is 1.73. The Balaban J connectivity index is 1.55. The summed E-state index contributed by atoms with van der Waals surface area (Å²) >= 11 is 6.42. The van der Waals surface area contributed by atoms with E-state index in [-0.39, 0.29) is 29.0 Å². The van der Waals surface area contributed by atoms with Gasteiger partial charge in [0.25, 0.3) is 0 Å². The summed E-state index contributed by atoms with van der Waals surface area (Å²) in [5.41, 5.74) is 1.15. The molecule has 0 radical (unpaired) electrons. The van der Waals surface area contributed by atoms with Gasteiger partial charge in [-0.2, -0.15) is 9.61 Å². The number of alkyl halides is 1. The Bertz CT molecular complexity index is 1350. The molecule has 3 aromatic rings. The topological polar surface area (TPSA) is 127 Å². The number of halogens is 1. The molecule has 0 aromatic carbocycles. The van der Waals surface area contributed by atoms with Crippen LogP contribution >= 0.6 is 11.6 Å². The zero-order valence-electron chi connectivity index (χ0n) is 20.2. The summed E-state index contributed by atoms with van der Waals surface area (Å²) in [5, 5.41) is 19.0. The van der Waals surface area contributed by atoms with Gasteiger partial charge in [0.1, 0.15) is 11.5 Å². The second kappa shape index (κ2) is 10.0. The van der Waals surface area contributed by atoms with Crippen molar-refractivity contribution in [1.29, 1.82) is 0 Å². The first-order chi connectivity index (χ1) is 16.9. The lowest BCUT2D eigenvalue weighted by molar-refractivity contribution is 0.172. The van der Waals surface area contributed by atoms with Crippen LogP contribution in [0.2, 0.25) is 0 Å². The maximum atomic E-state index is 11.6. The third-order valence-corrected chi connectivity index (χ3v) is 7.42. The average molecular weight is 501 g/mol. The average Bonchev–Trinajstić information content (AvgIpc) is 3.36. The van der Waals surface area contributed by atoms with Crippen molar-refractivity contribution in [2.24, 2.45) is 4.99 Å². The molecule has 11 heteroatoms. The SMILES string of the molecule is CC(C)N1CCC(N=c2cc(NC3CCCC(Cl)C3)nc3c(=Cc4[nH]c(=O)[nH]c4O)cnn23)CC1. The van der Waals surface area contributed by atoms with Crippen molar-refractivity contribution in [3.05, 3.63) is 39.1 Å². The molecule has 2 aliphatic rings. The van der Waals surface area contributed by atoms with E-state index in [1.807, 2.05) is 6.07 Å². The molecular formula is C24H33ClN8O2. The molecular weight excluding hydrogens is 468 g/mol. The number of aromatic hydroxyl groups is 1. The predicted octanol–water partition coefficient (Wildman–Crippen LogP) is 1.73. The lowest BCUT2D eigenvalue weighted by Crippen LogP contribution is -2.40. The fourth-order valence-corrected chi connectivity index (χ4v) is 5.44. The maximum absolute atomic E-state index is 11.6. The Morgan fingerprint density at radius 3 is 2.74 bits per heavy atom. The number of rotatable bonds is 5. The van der Waals surface area contributed by atoms with Crippen molar-refractivity contribution in [3.8, 4) is 5.88 Å². The van der Waals surface area contributed by atoms with Crippen LogP contribution in [0.5, 0.6) is 5.88 Å². The van der Waals surface area contributed by atoms with Crippen LogP contribution in [0.25, 0.3) is 11.7 Å². The van der Waals surface area contributed by atoms with Gasteiger partial charge in [-0.1, -0.05) is 0 Å². The molecule has 0 bridgehead atoms. The molecule has 0 spiro atoms. The second-order valence-electron chi connectivity index (χ2n) is 9.92.